The number of carbonyl (C=O) groups excluding carboxylic acids is 1. The molecular formula is C14H19NO2. The second kappa shape index (κ2) is 4.49. The molecule has 0 spiro atoms. The van der Waals surface area contributed by atoms with Crippen LogP contribution < -0.4 is 5.32 Å². The lowest BCUT2D eigenvalue weighted by molar-refractivity contribution is -0.116. The molecule has 1 aromatic rings. The monoisotopic (exact) mass is 233 g/mol. The van der Waals surface area contributed by atoms with Gasteiger partial charge in [-0.1, -0.05) is 26.0 Å². The van der Waals surface area contributed by atoms with Crippen molar-refractivity contribution in [2.75, 3.05) is 5.32 Å². The van der Waals surface area contributed by atoms with E-state index in [1.54, 1.807) is 0 Å². The van der Waals surface area contributed by atoms with Crippen LogP contribution in [0, 0.1) is 0 Å². The molecule has 0 radical (unpaired) electrons. The van der Waals surface area contributed by atoms with Crippen LogP contribution in [0.15, 0.2) is 12.1 Å². The number of amides is 1. The zero-order valence-electron chi connectivity index (χ0n) is 10.6. The van der Waals surface area contributed by atoms with Gasteiger partial charge in [0, 0.05) is 5.56 Å². The van der Waals surface area contributed by atoms with Gasteiger partial charge >= 0.3 is 0 Å². The van der Waals surface area contributed by atoms with Gasteiger partial charge in [-0.3, -0.25) is 4.79 Å². The van der Waals surface area contributed by atoms with Gasteiger partial charge in [-0.05, 0) is 30.9 Å². The Morgan fingerprint density at radius 3 is 2.71 bits per heavy atom. The van der Waals surface area contributed by atoms with E-state index in [-0.39, 0.29) is 11.8 Å². The van der Waals surface area contributed by atoms with E-state index < -0.39 is 6.10 Å². The SMILES string of the molecule is CCc1cc(C(O)CC)c2c(c1)C(C)C(=O)N2. The summed E-state index contributed by atoms with van der Waals surface area (Å²) in [6, 6.07) is 4.08. The van der Waals surface area contributed by atoms with Gasteiger partial charge in [-0.25, -0.2) is 0 Å². The van der Waals surface area contributed by atoms with Gasteiger partial charge in [0.2, 0.25) is 5.91 Å². The van der Waals surface area contributed by atoms with E-state index in [1.807, 2.05) is 19.9 Å². The number of anilines is 1. The van der Waals surface area contributed by atoms with E-state index in [1.165, 1.54) is 5.56 Å². The van der Waals surface area contributed by atoms with Gasteiger partial charge in [0.05, 0.1) is 17.7 Å². The lowest BCUT2D eigenvalue weighted by atomic mass is 9.93. The van der Waals surface area contributed by atoms with Crippen LogP contribution >= 0.6 is 0 Å². The van der Waals surface area contributed by atoms with E-state index >= 15 is 0 Å². The van der Waals surface area contributed by atoms with Crippen molar-refractivity contribution in [1.82, 2.24) is 0 Å². The van der Waals surface area contributed by atoms with Crippen LogP contribution in [0.25, 0.3) is 0 Å². The van der Waals surface area contributed by atoms with E-state index in [0.29, 0.717) is 6.42 Å². The summed E-state index contributed by atoms with van der Waals surface area (Å²) >= 11 is 0. The number of benzene rings is 1. The molecule has 17 heavy (non-hydrogen) atoms. The molecule has 1 heterocycles. The molecular weight excluding hydrogens is 214 g/mol. The molecule has 2 rings (SSSR count). The Bertz CT molecular complexity index is 454. The Kier molecular flexibility index (Phi) is 3.20. The van der Waals surface area contributed by atoms with Crippen LogP contribution in [-0.4, -0.2) is 11.0 Å². The van der Waals surface area contributed by atoms with Crippen molar-refractivity contribution in [1.29, 1.82) is 0 Å². The fourth-order valence-electron chi connectivity index (χ4n) is 2.30. The van der Waals surface area contributed by atoms with Crippen molar-refractivity contribution in [3.05, 3.63) is 28.8 Å². The first-order valence-corrected chi connectivity index (χ1v) is 6.24. The fourth-order valence-corrected chi connectivity index (χ4v) is 2.30. The summed E-state index contributed by atoms with van der Waals surface area (Å²) in [5.74, 6) is -0.0860. The highest BCUT2D eigenvalue weighted by Gasteiger charge is 2.30. The van der Waals surface area contributed by atoms with Crippen molar-refractivity contribution >= 4 is 11.6 Å². The van der Waals surface area contributed by atoms with Gasteiger partial charge in [-0.15, -0.1) is 0 Å². The largest absolute Gasteiger partial charge is 0.388 e. The molecule has 1 aromatic carbocycles. The molecule has 0 aromatic heterocycles. The zero-order chi connectivity index (χ0) is 12.6. The van der Waals surface area contributed by atoms with Crippen molar-refractivity contribution in [2.45, 2.75) is 45.6 Å². The Morgan fingerprint density at radius 1 is 1.41 bits per heavy atom. The Labute approximate surface area is 102 Å². The minimum Gasteiger partial charge on any atom is -0.388 e. The molecule has 0 aliphatic carbocycles. The van der Waals surface area contributed by atoms with Crippen molar-refractivity contribution in [2.24, 2.45) is 0 Å². The van der Waals surface area contributed by atoms with E-state index in [4.69, 9.17) is 0 Å². The summed E-state index contributed by atoms with van der Waals surface area (Å²) in [5, 5.41) is 12.9. The molecule has 92 valence electrons. The summed E-state index contributed by atoms with van der Waals surface area (Å²) in [4.78, 5) is 11.7. The number of nitrogens with one attached hydrogen (secondary N) is 1. The standard InChI is InChI=1S/C14H19NO2/c1-4-9-6-10-8(3)14(17)15-13(10)11(7-9)12(16)5-2/h6-8,12,16H,4-5H2,1-3H3,(H,15,17). The number of fused-ring (bicyclic) bond motifs is 1. The first-order chi connectivity index (χ1) is 8.08. The van der Waals surface area contributed by atoms with Crippen LogP contribution in [-0.2, 0) is 11.2 Å². The molecule has 0 fully saturated rings. The lowest BCUT2D eigenvalue weighted by Gasteiger charge is -2.15. The molecule has 0 bridgehead atoms. The van der Waals surface area contributed by atoms with Gasteiger partial charge in [0.25, 0.3) is 0 Å². The first kappa shape index (κ1) is 12.1. The molecule has 2 N–H and O–H groups in total. The van der Waals surface area contributed by atoms with Gasteiger partial charge in [0.15, 0.2) is 0 Å². The number of aliphatic hydroxyl groups is 1. The minimum atomic E-state index is -0.499. The molecule has 0 saturated carbocycles. The maximum absolute atomic E-state index is 11.7. The maximum atomic E-state index is 11.7. The molecule has 0 saturated heterocycles. The predicted molar refractivity (Wildman–Crippen MR) is 68.1 cm³/mol. The third kappa shape index (κ3) is 1.95. The van der Waals surface area contributed by atoms with Crippen molar-refractivity contribution < 1.29 is 9.90 Å². The number of hydrogen-bond acceptors (Lipinski definition) is 2. The number of hydrogen-bond donors (Lipinski definition) is 2. The Balaban J connectivity index is 2.57. The average molecular weight is 233 g/mol. The molecule has 2 atom stereocenters. The summed E-state index contributed by atoms with van der Waals surface area (Å²) in [6.07, 6.45) is 1.07. The van der Waals surface area contributed by atoms with Crippen LogP contribution in [0.5, 0.6) is 0 Å². The van der Waals surface area contributed by atoms with Gasteiger partial charge in [-0.2, -0.15) is 0 Å². The number of rotatable bonds is 3. The van der Waals surface area contributed by atoms with Gasteiger partial charge in [0.1, 0.15) is 0 Å². The minimum absolute atomic E-state index is 0.0257. The Hall–Kier alpha value is -1.35. The first-order valence-electron chi connectivity index (χ1n) is 6.24. The molecule has 2 unspecified atom stereocenters. The Morgan fingerprint density at radius 2 is 2.12 bits per heavy atom. The van der Waals surface area contributed by atoms with E-state index in [0.717, 1.165) is 23.2 Å². The number of carbonyl (C=O) groups is 1. The molecule has 1 aliphatic heterocycles. The molecule has 3 heteroatoms. The second-order valence-electron chi connectivity index (χ2n) is 4.64. The normalized spacial score (nSPS) is 20.0. The van der Waals surface area contributed by atoms with Crippen LogP contribution in [0.2, 0.25) is 0 Å². The number of aryl methyl sites for hydroxylation is 1. The summed E-state index contributed by atoms with van der Waals surface area (Å²) < 4.78 is 0. The quantitative estimate of drug-likeness (QED) is 0.843. The molecule has 1 aliphatic rings. The van der Waals surface area contributed by atoms with Crippen LogP contribution in [0.3, 0.4) is 0 Å². The van der Waals surface area contributed by atoms with E-state index in [2.05, 4.69) is 18.3 Å². The third-order valence-corrected chi connectivity index (χ3v) is 3.52. The zero-order valence-corrected chi connectivity index (χ0v) is 10.6. The highest BCUT2D eigenvalue weighted by molar-refractivity contribution is 6.03. The molecule has 1 amide bonds. The van der Waals surface area contributed by atoms with Crippen LogP contribution in [0.4, 0.5) is 5.69 Å². The summed E-state index contributed by atoms with van der Waals surface area (Å²) in [5.41, 5.74) is 3.89. The second-order valence-corrected chi connectivity index (χ2v) is 4.64. The van der Waals surface area contributed by atoms with E-state index in [9.17, 15) is 9.90 Å². The topological polar surface area (TPSA) is 49.3 Å². The fraction of sp³-hybridized carbons (Fsp3) is 0.500. The van der Waals surface area contributed by atoms with Crippen molar-refractivity contribution in [3.63, 3.8) is 0 Å². The highest BCUT2D eigenvalue weighted by Crippen LogP contribution is 2.39. The van der Waals surface area contributed by atoms with Crippen molar-refractivity contribution in [3.8, 4) is 0 Å². The lowest BCUT2D eigenvalue weighted by Crippen LogP contribution is -2.09. The summed E-state index contributed by atoms with van der Waals surface area (Å²) in [6.45, 7) is 5.93. The molecule has 3 nitrogen and oxygen atoms in total. The smallest absolute Gasteiger partial charge is 0.231 e. The van der Waals surface area contributed by atoms with Crippen LogP contribution in [0.1, 0.15) is 55.9 Å². The predicted octanol–water partition coefficient (Wildman–Crippen LogP) is 2.75. The maximum Gasteiger partial charge on any atom is 0.231 e. The summed E-state index contributed by atoms with van der Waals surface area (Å²) in [7, 11) is 0. The third-order valence-electron chi connectivity index (χ3n) is 3.52. The van der Waals surface area contributed by atoms with Gasteiger partial charge < -0.3 is 10.4 Å². The average Bonchev–Trinajstić information content (AvgIpc) is 2.63. The highest BCUT2D eigenvalue weighted by atomic mass is 16.3. The number of aliphatic hydroxyl groups excluding tert-OH is 1.